The summed E-state index contributed by atoms with van der Waals surface area (Å²) in [7, 11) is -3.58. The highest BCUT2D eigenvalue weighted by Crippen LogP contribution is 2.27. The first kappa shape index (κ1) is 16.7. The van der Waals surface area contributed by atoms with Gasteiger partial charge in [0, 0.05) is 44.3 Å². The second kappa shape index (κ2) is 6.85. The zero-order chi connectivity index (χ0) is 18.0. The lowest BCUT2D eigenvalue weighted by atomic mass is 10.2. The van der Waals surface area contributed by atoms with Crippen LogP contribution in [-0.4, -0.2) is 41.1 Å². The van der Waals surface area contributed by atoms with E-state index in [1.807, 2.05) is 4.57 Å². The molecule has 26 heavy (non-hydrogen) atoms. The number of nitrogens with zero attached hydrogens (tertiary/aromatic N) is 4. The van der Waals surface area contributed by atoms with E-state index in [2.05, 4.69) is 19.7 Å². The molecule has 1 aliphatic rings. The maximum absolute atomic E-state index is 12.5. The molecule has 0 bridgehead atoms. The Morgan fingerprint density at radius 3 is 2.96 bits per heavy atom. The van der Waals surface area contributed by atoms with Crippen molar-refractivity contribution in [2.45, 2.75) is 17.9 Å². The fourth-order valence-corrected chi connectivity index (χ4v) is 3.92. The van der Waals surface area contributed by atoms with E-state index in [1.54, 1.807) is 49.2 Å². The standard InChI is InChI=1S/C17H17N5O3S/c23-26(24,14-1-2-16-13(11-14)3-10-25-16)21-7-9-22-8-6-20-17(22)15-12-18-4-5-19-15/h1-2,4-6,8,11-12,21H,3,7,9-10H2. The van der Waals surface area contributed by atoms with Gasteiger partial charge in [0.1, 0.15) is 11.4 Å². The van der Waals surface area contributed by atoms with E-state index < -0.39 is 10.0 Å². The summed E-state index contributed by atoms with van der Waals surface area (Å²) in [5.41, 5.74) is 1.56. The van der Waals surface area contributed by atoms with Crippen molar-refractivity contribution in [3.8, 4) is 17.3 Å². The minimum absolute atomic E-state index is 0.236. The van der Waals surface area contributed by atoms with Crippen molar-refractivity contribution in [2.75, 3.05) is 13.2 Å². The molecule has 0 unspecified atom stereocenters. The number of rotatable bonds is 6. The van der Waals surface area contributed by atoms with Gasteiger partial charge in [0.05, 0.1) is 17.7 Å². The predicted molar refractivity (Wildman–Crippen MR) is 94.1 cm³/mol. The second-order valence-electron chi connectivity index (χ2n) is 5.80. The summed E-state index contributed by atoms with van der Waals surface area (Å²) in [6.07, 6.45) is 8.97. The van der Waals surface area contributed by atoms with Crippen LogP contribution < -0.4 is 9.46 Å². The molecule has 0 aliphatic carbocycles. The van der Waals surface area contributed by atoms with Gasteiger partial charge in [0.2, 0.25) is 10.0 Å². The number of ether oxygens (including phenoxy) is 1. The average Bonchev–Trinajstić information content (AvgIpc) is 3.31. The summed E-state index contributed by atoms with van der Waals surface area (Å²) < 4.78 is 34.9. The van der Waals surface area contributed by atoms with Crippen LogP contribution in [0.25, 0.3) is 11.5 Å². The minimum Gasteiger partial charge on any atom is -0.493 e. The van der Waals surface area contributed by atoms with Crippen LogP contribution in [0.1, 0.15) is 5.56 Å². The van der Waals surface area contributed by atoms with Crippen LogP contribution in [0, 0.1) is 0 Å². The van der Waals surface area contributed by atoms with E-state index in [0.29, 0.717) is 24.7 Å². The SMILES string of the molecule is O=S(=O)(NCCn1ccnc1-c1cnccn1)c1ccc2c(c1)CCO2. The highest BCUT2D eigenvalue weighted by atomic mass is 32.2. The van der Waals surface area contributed by atoms with Crippen molar-refractivity contribution in [1.82, 2.24) is 24.2 Å². The molecule has 1 aromatic carbocycles. The number of sulfonamides is 1. The number of imidazole rings is 1. The van der Waals surface area contributed by atoms with Crippen molar-refractivity contribution >= 4 is 10.0 Å². The van der Waals surface area contributed by atoms with Crippen LogP contribution in [0.3, 0.4) is 0 Å². The predicted octanol–water partition coefficient (Wildman–Crippen LogP) is 1.25. The van der Waals surface area contributed by atoms with Gasteiger partial charge in [-0.3, -0.25) is 4.98 Å². The van der Waals surface area contributed by atoms with Crippen molar-refractivity contribution in [3.63, 3.8) is 0 Å². The first-order valence-electron chi connectivity index (χ1n) is 8.16. The Morgan fingerprint density at radius 1 is 1.19 bits per heavy atom. The van der Waals surface area contributed by atoms with E-state index in [4.69, 9.17) is 4.74 Å². The Balaban J connectivity index is 1.44. The summed E-state index contributed by atoms with van der Waals surface area (Å²) in [6, 6.07) is 4.94. The molecular weight excluding hydrogens is 354 g/mol. The minimum atomic E-state index is -3.58. The Kier molecular flexibility index (Phi) is 4.39. The van der Waals surface area contributed by atoms with Crippen LogP contribution >= 0.6 is 0 Å². The molecule has 3 heterocycles. The molecular formula is C17H17N5O3S. The smallest absolute Gasteiger partial charge is 0.240 e. The lowest BCUT2D eigenvalue weighted by molar-refractivity contribution is 0.356. The van der Waals surface area contributed by atoms with Gasteiger partial charge >= 0.3 is 0 Å². The summed E-state index contributed by atoms with van der Waals surface area (Å²) in [6.45, 7) is 1.26. The van der Waals surface area contributed by atoms with E-state index >= 15 is 0 Å². The van der Waals surface area contributed by atoms with Crippen molar-refractivity contribution in [1.29, 1.82) is 0 Å². The number of nitrogens with one attached hydrogen (secondary N) is 1. The first-order valence-corrected chi connectivity index (χ1v) is 9.65. The van der Waals surface area contributed by atoms with E-state index in [0.717, 1.165) is 17.7 Å². The molecule has 0 saturated carbocycles. The van der Waals surface area contributed by atoms with E-state index in [1.165, 1.54) is 0 Å². The third-order valence-corrected chi connectivity index (χ3v) is 5.58. The van der Waals surface area contributed by atoms with Crippen LogP contribution in [0.5, 0.6) is 5.75 Å². The fourth-order valence-electron chi connectivity index (χ4n) is 2.85. The Labute approximate surface area is 151 Å². The summed E-state index contributed by atoms with van der Waals surface area (Å²) in [5.74, 6) is 1.41. The molecule has 0 saturated heterocycles. The maximum atomic E-state index is 12.5. The van der Waals surface area contributed by atoms with Gasteiger partial charge in [0.25, 0.3) is 0 Å². The first-order chi connectivity index (χ1) is 12.6. The molecule has 1 N–H and O–H groups in total. The molecule has 1 aliphatic heterocycles. The van der Waals surface area contributed by atoms with Gasteiger partial charge in [0.15, 0.2) is 5.82 Å². The van der Waals surface area contributed by atoms with Crippen molar-refractivity contribution in [2.24, 2.45) is 0 Å². The van der Waals surface area contributed by atoms with Gasteiger partial charge in [-0.2, -0.15) is 0 Å². The second-order valence-corrected chi connectivity index (χ2v) is 7.57. The quantitative estimate of drug-likeness (QED) is 0.700. The van der Waals surface area contributed by atoms with E-state index in [-0.39, 0.29) is 11.4 Å². The van der Waals surface area contributed by atoms with Gasteiger partial charge < -0.3 is 9.30 Å². The zero-order valence-electron chi connectivity index (χ0n) is 13.9. The molecule has 134 valence electrons. The largest absolute Gasteiger partial charge is 0.493 e. The number of hydrogen-bond donors (Lipinski definition) is 1. The summed E-state index contributed by atoms with van der Waals surface area (Å²) >= 11 is 0. The molecule has 0 atom stereocenters. The molecule has 2 aromatic heterocycles. The van der Waals surface area contributed by atoms with Gasteiger partial charge in [-0.1, -0.05) is 0 Å². The summed E-state index contributed by atoms with van der Waals surface area (Å²) in [5, 5.41) is 0. The molecule has 0 fully saturated rings. The molecule has 0 amide bonds. The van der Waals surface area contributed by atoms with Crippen LogP contribution in [0.4, 0.5) is 0 Å². The number of hydrogen-bond acceptors (Lipinski definition) is 6. The van der Waals surface area contributed by atoms with Crippen LogP contribution in [-0.2, 0) is 23.0 Å². The maximum Gasteiger partial charge on any atom is 0.240 e. The molecule has 9 heteroatoms. The van der Waals surface area contributed by atoms with Crippen molar-refractivity contribution in [3.05, 3.63) is 54.7 Å². The molecule has 4 rings (SSSR count). The number of benzene rings is 1. The summed E-state index contributed by atoms with van der Waals surface area (Å²) in [4.78, 5) is 12.8. The van der Waals surface area contributed by atoms with E-state index in [9.17, 15) is 8.42 Å². The van der Waals surface area contributed by atoms with Crippen molar-refractivity contribution < 1.29 is 13.2 Å². The lowest BCUT2D eigenvalue weighted by Gasteiger charge is -2.10. The Morgan fingerprint density at radius 2 is 2.12 bits per heavy atom. The highest BCUT2D eigenvalue weighted by Gasteiger charge is 2.19. The average molecular weight is 371 g/mol. The highest BCUT2D eigenvalue weighted by molar-refractivity contribution is 7.89. The van der Waals surface area contributed by atoms with Gasteiger partial charge in [-0.15, -0.1) is 0 Å². The number of aromatic nitrogens is 4. The lowest BCUT2D eigenvalue weighted by Crippen LogP contribution is -2.27. The number of fused-ring (bicyclic) bond motifs is 1. The Bertz CT molecular complexity index is 1020. The zero-order valence-corrected chi connectivity index (χ0v) is 14.7. The normalized spacial score (nSPS) is 13.4. The van der Waals surface area contributed by atoms with Gasteiger partial charge in [-0.05, 0) is 23.8 Å². The molecule has 0 spiro atoms. The molecule has 3 aromatic rings. The fraction of sp³-hybridized carbons (Fsp3) is 0.235. The Hall–Kier alpha value is -2.78. The topological polar surface area (TPSA) is 99.0 Å². The van der Waals surface area contributed by atoms with Crippen LogP contribution in [0.15, 0.2) is 54.1 Å². The third-order valence-electron chi connectivity index (χ3n) is 4.12. The third kappa shape index (κ3) is 3.31. The monoisotopic (exact) mass is 371 g/mol. The van der Waals surface area contributed by atoms with Gasteiger partial charge in [-0.25, -0.2) is 23.1 Å². The van der Waals surface area contributed by atoms with Crippen LogP contribution in [0.2, 0.25) is 0 Å². The molecule has 0 radical (unpaired) electrons. The molecule has 8 nitrogen and oxygen atoms in total.